The summed E-state index contributed by atoms with van der Waals surface area (Å²) in [7, 11) is 1.62. The molecule has 0 aliphatic rings. The maximum absolute atomic E-state index is 13.3. The van der Waals surface area contributed by atoms with Gasteiger partial charge in [0.25, 0.3) is 0 Å². The lowest BCUT2D eigenvalue weighted by Crippen LogP contribution is -2.50. The predicted octanol–water partition coefficient (Wildman–Crippen LogP) is 4.13. The maximum atomic E-state index is 13.3. The van der Waals surface area contributed by atoms with E-state index in [1.807, 2.05) is 62.4 Å². The Labute approximate surface area is 180 Å². The van der Waals surface area contributed by atoms with E-state index in [1.165, 1.54) is 0 Å². The number of aryl methyl sites for hydroxylation is 1. The number of nitrogens with one attached hydrogen (secondary N) is 1. The van der Waals surface area contributed by atoms with E-state index in [9.17, 15) is 9.59 Å². The zero-order valence-electron chi connectivity index (χ0n) is 18.8. The van der Waals surface area contributed by atoms with E-state index in [2.05, 4.69) is 19.2 Å². The summed E-state index contributed by atoms with van der Waals surface area (Å²) in [6.07, 6.45) is 0.825. The van der Waals surface area contributed by atoms with Gasteiger partial charge in [-0.05, 0) is 42.5 Å². The third kappa shape index (κ3) is 6.90. The van der Waals surface area contributed by atoms with Crippen LogP contribution in [-0.4, -0.2) is 36.4 Å². The van der Waals surface area contributed by atoms with Crippen molar-refractivity contribution in [1.82, 2.24) is 10.2 Å². The summed E-state index contributed by atoms with van der Waals surface area (Å²) in [6.45, 7) is 9.04. The number of methoxy groups -OCH3 is 1. The summed E-state index contributed by atoms with van der Waals surface area (Å²) >= 11 is 0. The van der Waals surface area contributed by atoms with E-state index >= 15 is 0 Å². The van der Waals surface area contributed by atoms with Crippen LogP contribution in [0.15, 0.2) is 48.5 Å². The number of rotatable bonds is 10. The molecule has 0 radical (unpaired) electrons. The number of benzene rings is 2. The Morgan fingerprint density at radius 2 is 1.77 bits per heavy atom. The smallest absolute Gasteiger partial charge is 0.242 e. The Morgan fingerprint density at radius 1 is 1.07 bits per heavy atom. The molecule has 2 rings (SSSR count). The first-order chi connectivity index (χ1) is 14.3. The number of nitrogens with zero attached hydrogens (tertiary/aromatic N) is 1. The zero-order chi connectivity index (χ0) is 22.1. The largest absolute Gasteiger partial charge is 0.497 e. The molecule has 1 N–H and O–H groups in total. The first-order valence-corrected chi connectivity index (χ1v) is 10.6. The van der Waals surface area contributed by atoms with Crippen LogP contribution in [0.3, 0.4) is 0 Å². The van der Waals surface area contributed by atoms with E-state index < -0.39 is 6.04 Å². The highest BCUT2D eigenvalue weighted by Gasteiger charge is 2.28. The minimum Gasteiger partial charge on any atom is -0.497 e. The first kappa shape index (κ1) is 23.5. The van der Waals surface area contributed by atoms with Gasteiger partial charge in [-0.25, -0.2) is 0 Å². The second kappa shape index (κ2) is 11.4. The minimum atomic E-state index is -0.511. The Kier molecular flexibility index (Phi) is 8.90. The average Bonchev–Trinajstić information content (AvgIpc) is 2.72. The summed E-state index contributed by atoms with van der Waals surface area (Å²) in [5, 5.41) is 2.99. The van der Waals surface area contributed by atoms with Gasteiger partial charge in [0.05, 0.1) is 13.5 Å². The van der Waals surface area contributed by atoms with Crippen LogP contribution in [0.5, 0.6) is 5.75 Å². The Balaban J connectivity index is 2.26. The van der Waals surface area contributed by atoms with Gasteiger partial charge < -0.3 is 15.0 Å². The molecule has 2 amide bonds. The van der Waals surface area contributed by atoms with Gasteiger partial charge in [-0.2, -0.15) is 0 Å². The molecule has 0 heterocycles. The molecule has 0 aliphatic heterocycles. The standard InChI is InChI=1S/C25H34N2O3/c1-6-23(25(29)26-16-18(2)3)27(17-20-10-12-22(30-5)13-11-20)24(28)15-21-9-7-8-19(4)14-21/h7-14,18,23H,6,15-17H2,1-5H3,(H,26,29). The molecule has 0 aromatic heterocycles. The Bertz CT molecular complexity index is 831. The highest BCUT2D eigenvalue weighted by atomic mass is 16.5. The van der Waals surface area contributed by atoms with E-state index in [0.29, 0.717) is 25.4 Å². The van der Waals surface area contributed by atoms with Crippen LogP contribution >= 0.6 is 0 Å². The van der Waals surface area contributed by atoms with Gasteiger partial charge in [-0.3, -0.25) is 9.59 Å². The van der Waals surface area contributed by atoms with E-state index in [0.717, 1.165) is 22.4 Å². The number of ether oxygens (including phenoxy) is 1. The van der Waals surface area contributed by atoms with Gasteiger partial charge in [0.15, 0.2) is 0 Å². The predicted molar refractivity (Wildman–Crippen MR) is 120 cm³/mol. The van der Waals surface area contributed by atoms with E-state index in [1.54, 1.807) is 12.0 Å². The monoisotopic (exact) mass is 410 g/mol. The number of carbonyl (C=O) groups excluding carboxylic acids is 2. The van der Waals surface area contributed by atoms with Crippen molar-refractivity contribution in [2.45, 2.75) is 53.1 Å². The second-order valence-corrected chi connectivity index (χ2v) is 8.10. The lowest BCUT2D eigenvalue weighted by Gasteiger charge is -2.31. The molecule has 0 spiro atoms. The highest BCUT2D eigenvalue weighted by Crippen LogP contribution is 2.18. The van der Waals surface area contributed by atoms with E-state index in [4.69, 9.17) is 4.74 Å². The van der Waals surface area contributed by atoms with Gasteiger partial charge in [0, 0.05) is 13.1 Å². The van der Waals surface area contributed by atoms with Crippen molar-refractivity contribution in [2.75, 3.05) is 13.7 Å². The summed E-state index contributed by atoms with van der Waals surface area (Å²) in [5.74, 6) is 0.961. The fourth-order valence-corrected chi connectivity index (χ4v) is 3.37. The van der Waals surface area contributed by atoms with Crippen molar-refractivity contribution in [2.24, 2.45) is 5.92 Å². The van der Waals surface area contributed by atoms with Gasteiger partial charge in [0.1, 0.15) is 11.8 Å². The Morgan fingerprint density at radius 3 is 2.33 bits per heavy atom. The van der Waals surface area contributed by atoms with Gasteiger partial charge >= 0.3 is 0 Å². The summed E-state index contributed by atoms with van der Waals surface area (Å²) in [4.78, 5) is 27.9. The topological polar surface area (TPSA) is 58.6 Å². The highest BCUT2D eigenvalue weighted by molar-refractivity contribution is 5.88. The quantitative estimate of drug-likeness (QED) is 0.641. The summed E-state index contributed by atoms with van der Waals surface area (Å²) in [5.41, 5.74) is 3.03. The number of carbonyl (C=O) groups is 2. The van der Waals surface area contributed by atoms with Crippen LogP contribution in [0.1, 0.15) is 43.9 Å². The van der Waals surface area contributed by atoms with Crippen molar-refractivity contribution in [3.63, 3.8) is 0 Å². The van der Waals surface area contributed by atoms with Crippen LogP contribution in [0, 0.1) is 12.8 Å². The minimum absolute atomic E-state index is 0.0528. The van der Waals surface area contributed by atoms with Crippen molar-refractivity contribution in [3.8, 4) is 5.75 Å². The molecule has 30 heavy (non-hydrogen) atoms. The molecule has 0 saturated heterocycles. The number of hydrogen-bond donors (Lipinski definition) is 1. The van der Waals surface area contributed by atoms with Gasteiger partial charge in [0.2, 0.25) is 11.8 Å². The summed E-state index contributed by atoms with van der Waals surface area (Å²) in [6, 6.07) is 15.0. The van der Waals surface area contributed by atoms with Crippen molar-refractivity contribution >= 4 is 11.8 Å². The molecule has 2 aromatic rings. The van der Waals surface area contributed by atoms with E-state index in [-0.39, 0.29) is 18.2 Å². The van der Waals surface area contributed by atoms with Crippen molar-refractivity contribution < 1.29 is 14.3 Å². The SMILES string of the molecule is CCC(C(=O)NCC(C)C)N(Cc1ccc(OC)cc1)C(=O)Cc1cccc(C)c1. The van der Waals surface area contributed by atoms with Gasteiger partial charge in [-0.1, -0.05) is 62.7 Å². The van der Waals surface area contributed by atoms with Crippen LogP contribution in [0.2, 0.25) is 0 Å². The first-order valence-electron chi connectivity index (χ1n) is 10.6. The molecular weight excluding hydrogens is 376 g/mol. The number of amides is 2. The molecular formula is C25H34N2O3. The fourth-order valence-electron chi connectivity index (χ4n) is 3.37. The molecule has 0 bridgehead atoms. The maximum Gasteiger partial charge on any atom is 0.242 e. The molecule has 0 fully saturated rings. The normalized spacial score (nSPS) is 11.8. The second-order valence-electron chi connectivity index (χ2n) is 8.10. The molecule has 1 atom stereocenters. The van der Waals surface area contributed by atoms with Crippen molar-refractivity contribution in [1.29, 1.82) is 0 Å². The number of hydrogen-bond acceptors (Lipinski definition) is 3. The fraction of sp³-hybridized carbons (Fsp3) is 0.440. The molecule has 0 aliphatic carbocycles. The van der Waals surface area contributed by atoms with Gasteiger partial charge in [-0.15, -0.1) is 0 Å². The lowest BCUT2D eigenvalue weighted by molar-refractivity contribution is -0.141. The van der Waals surface area contributed by atoms with Crippen LogP contribution in [-0.2, 0) is 22.6 Å². The molecule has 5 heteroatoms. The molecule has 1 unspecified atom stereocenters. The van der Waals surface area contributed by atoms with Crippen LogP contribution < -0.4 is 10.1 Å². The summed E-state index contributed by atoms with van der Waals surface area (Å²) < 4.78 is 5.23. The average molecular weight is 411 g/mol. The van der Waals surface area contributed by atoms with Crippen LogP contribution in [0.4, 0.5) is 0 Å². The molecule has 5 nitrogen and oxygen atoms in total. The van der Waals surface area contributed by atoms with Crippen LogP contribution in [0.25, 0.3) is 0 Å². The lowest BCUT2D eigenvalue weighted by atomic mass is 10.0. The Hall–Kier alpha value is -2.82. The molecule has 162 valence electrons. The molecule has 0 saturated carbocycles. The molecule has 2 aromatic carbocycles. The third-order valence-corrected chi connectivity index (χ3v) is 5.02. The van der Waals surface area contributed by atoms with Crippen molar-refractivity contribution in [3.05, 3.63) is 65.2 Å². The third-order valence-electron chi connectivity index (χ3n) is 5.02. The zero-order valence-corrected chi connectivity index (χ0v) is 18.8.